The molecule has 0 unspecified atom stereocenters. The first-order valence-electron chi connectivity index (χ1n) is 14.4. The zero-order chi connectivity index (χ0) is 31.9. The van der Waals surface area contributed by atoms with E-state index in [0.29, 0.717) is 0 Å². The van der Waals surface area contributed by atoms with Crippen LogP contribution >= 0.6 is 0 Å². The zero-order valence-corrected chi connectivity index (χ0v) is 26.2. The molecule has 0 saturated heterocycles. The quantitative estimate of drug-likeness (QED) is 0.228. The molecule has 230 valence electrons. The summed E-state index contributed by atoms with van der Waals surface area (Å²) in [4.78, 5) is 29.7. The van der Waals surface area contributed by atoms with Crippen LogP contribution in [0.25, 0.3) is 0 Å². The lowest BCUT2D eigenvalue weighted by atomic mass is 10.0. The molecule has 0 heterocycles. The lowest BCUT2D eigenvalue weighted by Crippen LogP contribution is -2.56. The molecule has 4 rings (SSSR count). The number of sulfonamides is 1. The number of nitrogens with one attached hydrogen (secondary N) is 1. The van der Waals surface area contributed by atoms with Gasteiger partial charge in [-0.25, -0.2) is 12.8 Å². The van der Waals surface area contributed by atoms with Crippen molar-refractivity contribution in [2.24, 2.45) is 0 Å². The molecule has 0 aromatic heterocycles. The van der Waals surface area contributed by atoms with Crippen molar-refractivity contribution in [3.8, 4) is 0 Å². The van der Waals surface area contributed by atoms with E-state index >= 15 is 0 Å². The fraction of sp³-hybridized carbons (Fsp3) is 0.257. The molecule has 0 aliphatic carbocycles. The molecule has 0 radical (unpaired) electrons. The summed E-state index contributed by atoms with van der Waals surface area (Å²) in [5, 5.41) is 3.01. The Morgan fingerprint density at radius 2 is 1.36 bits per heavy atom. The Balaban J connectivity index is 1.80. The maximum absolute atomic E-state index is 14.4. The van der Waals surface area contributed by atoms with Gasteiger partial charge in [-0.15, -0.1) is 0 Å². The molecule has 4 aromatic carbocycles. The van der Waals surface area contributed by atoms with Crippen molar-refractivity contribution in [1.82, 2.24) is 10.2 Å². The van der Waals surface area contributed by atoms with Crippen LogP contribution in [0.15, 0.2) is 114 Å². The number of hydrogen-bond donors (Lipinski definition) is 1. The van der Waals surface area contributed by atoms with Gasteiger partial charge >= 0.3 is 0 Å². The first kappa shape index (κ1) is 32.4. The molecule has 0 aliphatic rings. The predicted octanol–water partition coefficient (Wildman–Crippen LogP) is 5.88. The topological polar surface area (TPSA) is 86.8 Å². The molecule has 9 heteroatoms. The van der Waals surface area contributed by atoms with Gasteiger partial charge in [0.1, 0.15) is 18.4 Å². The summed E-state index contributed by atoms with van der Waals surface area (Å²) in [5.41, 5.74) is 2.20. The van der Waals surface area contributed by atoms with Crippen LogP contribution in [0, 0.1) is 12.7 Å². The second kappa shape index (κ2) is 13.9. The highest BCUT2D eigenvalue weighted by Gasteiger charge is 2.35. The van der Waals surface area contributed by atoms with E-state index in [4.69, 9.17) is 0 Å². The van der Waals surface area contributed by atoms with Crippen molar-refractivity contribution in [3.05, 3.63) is 132 Å². The number of aryl methyl sites for hydroxylation is 1. The second-order valence-corrected chi connectivity index (χ2v) is 13.6. The van der Waals surface area contributed by atoms with Crippen LogP contribution in [-0.4, -0.2) is 43.3 Å². The Morgan fingerprint density at radius 1 is 0.795 bits per heavy atom. The molecule has 0 bridgehead atoms. The summed E-state index contributed by atoms with van der Waals surface area (Å²) in [5.74, 6) is -1.49. The monoisotopic (exact) mass is 615 g/mol. The van der Waals surface area contributed by atoms with Crippen LogP contribution < -0.4 is 9.62 Å². The van der Waals surface area contributed by atoms with Crippen LogP contribution in [0.1, 0.15) is 37.5 Å². The number of rotatable bonds is 11. The molecule has 0 saturated carbocycles. The molecule has 2 amide bonds. The molecule has 0 spiro atoms. The average molecular weight is 616 g/mol. The Labute approximate surface area is 259 Å². The minimum Gasteiger partial charge on any atom is -0.350 e. The standard InChI is InChI=1S/C35H38FN3O4S/c1-26-15-17-28(18-16-26)24-38(32(34(41)37-35(2,3)4)23-27-11-7-5-8-12-27)33(40)25-39(30-21-19-29(36)20-22-30)44(42,43)31-13-9-6-10-14-31/h5-22,32H,23-25H2,1-4H3,(H,37,41)/t32-/m0/s1. The maximum atomic E-state index is 14.4. The van der Waals surface area contributed by atoms with Gasteiger partial charge in [0.15, 0.2) is 0 Å². The lowest BCUT2D eigenvalue weighted by molar-refractivity contribution is -0.140. The summed E-state index contributed by atoms with van der Waals surface area (Å²) in [6.45, 7) is 6.99. The van der Waals surface area contributed by atoms with Crippen molar-refractivity contribution in [2.75, 3.05) is 10.8 Å². The number of hydrogen-bond acceptors (Lipinski definition) is 4. The number of benzene rings is 4. The van der Waals surface area contributed by atoms with Gasteiger partial charge < -0.3 is 10.2 Å². The van der Waals surface area contributed by atoms with Gasteiger partial charge in [-0.3, -0.25) is 13.9 Å². The van der Waals surface area contributed by atoms with Gasteiger partial charge in [0, 0.05) is 18.5 Å². The van der Waals surface area contributed by atoms with Gasteiger partial charge in [0.25, 0.3) is 10.0 Å². The van der Waals surface area contributed by atoms with Crippen molar-refractivity contribution in [1.29, 1.82) is 0 Å². The molecule has 44 heavy (non-hydrogen) atoms. The van der Waals surface area contributed by atoms with Gasteiger partial charge in [-0.2, -0.15) is 0 Å². The smallest absolute Gasteiger partial charge is 0.264 e. The van der Waals surface area contributed by atoms with Crippen molar-refractivity contribution in [3.63, 3.8) is 0 Å². The zero-order valence-electron chi connectivity index (χ0n) is 25.4. The molecule has 0 fully saturated rings. The third-order valence-corrected chi connectivity index (χ3v) is 8.76. The fourth-order valence-corrected chi connectivity index (χ4v) is 6.19. The molecular formula is C35H38FN3O4S. The highest BCUT2D eigenvalue weighted by molar-refractivity contribution is 7.92. The van der Waals surface area contributed by atoms with E-state index in [1.165, 1.54) is 29.2 Å². The summed E-state index contributed by atoms with van der Waals surface area (Å²) in [6, 6.07) is 28.7. The molecule has 1 N–H and O–H groups in total. The van der Waals surface area contributed by atoms with Crippen LogP contribution in [0.3, 0.4) is 0 Å². The highest BCUT2D eigenvalue weighted by Crippen LogP contribution is 2.25. The molecule has 4 aromatic rings. The van der Waals surface area contributed by atoms with Crippen LogP contribution in [0.5, 0.6) is 0 Å². The minimum absolute atomic E-state index is 0.0199. The van der Waals surface area contributed by atoms with E-state index in [1.807, 2.05) is 82.3 Å². The van der Waals surface area contributed by atoms with Gasteiger partial charge in [-0.1, -0.05) is 78.4 Å². The number of halogens is 1. The minimum atomic E-state index is -4.24. The Kier molecular flexibility index (Phi) is 10.2. The normalized spacial score (nSPS) is 12.3. The Morgan fingerprint density at radius 3 is 1.93 bits per heavy atom. The van der Waals surface area contributed by atoms with E-state index in [1.54, 1.807) is 18.2 Å². The number of anilines is 1. The maximum Gasteiger partial charge on any atom is 0.264 e. The van der Waals surface area contributed by atoms with E-state index in [-0.39, 0.29) is 29.5 Å². The summed E-state index contributed by atoms with van der Waals surface area (Å²) < 4.78 is 42.7. The van der Waals surface area contributed by atoms with Crippen molar-refractivity contribution < 1.29 is 22.4 Å². The number of carbonyl (C=O) groups excluding carboxylic acids is 2. The van der Waals surface area contributed by atoms with Crippen LogP contribution in [0.4, 0.5) is 10.1 Å². The number of nitrogens with zero attached hydrogens (tertiary/aromatic N) is 2. The van der Waals surface area contributed by atoms with E-state index < -0.39 is 39.9 Å². The fourth-order valence-electron chi connectivity index (χ4n) is 4.75. The molecule has 0 aliphatic heterocycles. The van der Waals surface area contributed by atoms with E-state index in [0.717, 1.165) is 33.1 Å². The van der Waals surface area contributed by atoms with Crippen molar-refractivity contribution in [2.45, 2.75) is 57.1 Å². The van der Waals surface area contributed by atoms with Crippen molar-refractivity contribution >= 4 is 27.5 Å². The summed E-state index contributed by atoms with van der Waals surface area (Å²) in [6.07, 6.45) is 0.211. The van der Waals surface area contributed by atoms with Crippen LogP contribution in [0.2, 0.25) is 0 Å². The number of amides is 2. The number of carbonyl (C=O) groups is 2. The second-order valence-electron chi connectivity index (χ2n) is 11.8. The van der Waals surface area contributed by atoms with Crippen LogP contribution in [-0.2, 0) is 32.6 Å². The highest BCUT2D eigenvalue weighted by atomic mass is 32.2. The first-order valence-corrected chi connectivity index (χ1v) is 15.8. The lowest BCUT2D eigenvalue weighted by Gasteiger charge is -2.35. The van der Waals surface area contributed by atoms with Gasteiger partial charge in [0.05, 0.1) is 10.6 Å². The summed E-state index contributed by atoms with van der Waals surface area (Å²) >= 11 is 0. The molecule has 7 nitrogen and oxygen atoms in total. The molecule has 1 atom stereocenters. The first-order chi connectivity index (χ1) is 20.8. The Hall–Kier alpha value is -4.50. The largest absolute Gasteiger partial charge is 0.350 e. The summed E-state index contributed by atoms with van der Waals surface area (Å²) in [7, 11) is -4.24. The SMILES string of the molecule is Cc1ccc(CN(C(=O)CN(c2ccc(F)cc2)S(=O)(=O)c2ccccc2)[C@@H](Cc2ccccc2)C(=O)NC(C)(C)C)cc1. The third-order valence-electron chi connectivity index (χ3n) is 6.97. The van der Waals surface area contributed by atoms with Gasteiger partial charge in [0.2, 0.25) is 11.8 Å². The predicted molar refractivity (Wildman–Crippen MR) is 171 cm³/mol. The average Bonchev–Trinajstić information content (AvgIpc) is 2.99. The molecular weight excluding hydrogens is 577 g/mol. The third kappa shape index (κ3) is 8.54. The van der Waals surface area contributed by atoms with E-state index in [9.17, 15) is 22.4 Å². The van der Waals surface area contributed by atoms with E-state index in [2.05, 4.69) is 5.32 Å². The van der Waals surface area contributed by atoms with Gasteiger partial charge in [-0.05, 0) is 75.2 Å². The Bertz CT molecular complexity index is 1660.